The molecule has 1 atom stereocenters. The first kappa shape index (κ1) is 13.4. The van der Waals surface area contributed by atoms with E-state index in [1.54, 1.807) is 0 Å². The molecule has 0 bridgehead atoms. The number of hydrogen-bond acceptors (Lipinski definition) is 2. The minimum atomic E-state index is -4.25. The van der Waals surface area contributed by atoms with Crippen molar-refractivity contribution in [3.8, 4) is 0 Å². The number of halogens is 3. The van der Waals surface area contributed by atoms with Gasteiger partial charge in [0.2, 0.25) is 5.91 Å². The van der Waals surface area contributed by atoms with Crippen LogP contribution in [0.15, 0.2) is 11.6 Å². The largest absolute Gasteiger partial charge is 0.412 e. The van der Waals surface area contributed by atoms with Gasteiger partial charge in [0.15, 0.2) is 0 Å². The average molecular weight is 262 g/mol. The molecular formula is C12H17F3N2O. The highest BCUT2D eigenvalue weighted by Gasteiger charge is 2.36. The number of nitrogens with zero attached hydrogens (tertiary/aromatic N) is 1. The Balaban J connectivity index is 1.92. The smallest absolute Gasteiger partial charge is 0.338 e. The van der Waals surface area contributed by atoms with Crippen LogP contribution in [0.25, 0.3) is 0 Å². The average Bonchev–Trinajstić information content (AvgIpc) is 2.38. The highest BCUT2D eigenvalue weighted by atomic mass is 19.4. The van der Waals surface area contributed by atoms with E-state index in [0.717, 1.165) is 25.5 Å². The highest BCUT2D eigenvalue weighted by molar-refractivity contribution is 5.79. The van der Waals surface area contributed by atoms with Crippen molar-refractivity contribution in [3.05, 3.63) is 11.6 Å². The summed E-state index contributed by atoms with van der Waals surface area (Å²) in [6.07, 6.45) is -1.42. The summed E-state index contributed by atoms with van der Waals surface area (Å²) in [7, 11) is 0. The lowest BCUT2D eigenvalue weighted by Crippen LogP contribution is -2.45. The lowest BCUT2D eigenvalue weighted by molar-refractivity contribution is -0.136. The second-order valence-corrected chi connectivity index (χ2v) is 4.80. The molecule has 0 aromatic rings. The van der Waals surface area contributed by atoms with Crippen LogP contribution in [0.3, 0.4) is 0 Å². The highest BCUT2D eigenvalue weighted by Crippen LogP contribution is 2.30. The topological polar surface area (TPSA) is 32.3 Å². The zero-order valence-corrected chi connectivity index (χ0v) is 10.1. The van der Waals surface area contributed by atoms with Crippen LogP contribution in [0.4, 0.5) is 13.2 Å². The Morgan fingerprint density at radius 2 is 2.22 bits per heavy atom. The molecule has 6 heteroatoms. The Kier molecular flexibility index (Phi) is 3.94. The maximum absolute atomic E-state index is 12.4. The van der Waals surface area contributed by atoms with Gasteiger partial charge in [0, 0.05) is 25.2 Å². The van der Waals surface area contributed by atoms with E-state index >= 15 is 0 Å². The first-order chi connectivity index (χ1) is 8.48. The van der Waals surface area contributed by atoms with Crippen LogP contribution in [0, 0.1) is 5.92 Å². The van der Waals surface area contributed by atoms with Gasteiger partial charge in [-0.15, -0.1) is 0 Å². The van der Waals surface area contributed by atoms with Crippen LogP contribution in [-0.2, 0) is 4.79 Å². The Morgan fingerprint density at radius 1 is 1.44 bits per heavy atom. The summed E-state index contributed by atoms with van der Waals surface area (Å²) < 4.78 is 37.3. The molecule has 0 aromatic carbocycles. The molecule has 102 valence electrons. The van der Waals surface area contributed by atoms with Gasteiger partial charge in [-0.1, -0.05) is 6.08 Å². The van der Waals surface area contributed by atoms with Crippen molar-refractivity contribution in [2.75, 3.05) is 26.2 Å². The zero-order valence-electron chi connectivity index (χ0n) is 10.1. The first-order valence-corrected chi connectivity index (χ1v) is 6.24. The standard InChI is InChI=1S/C12H17F3N2O/c13-12(14,15)10-3-6-17(7-4-10)11(18)9-2-1-5-16-8-9/h3,9,16H,1-2,4-8H2/t9-/m1/s1. The maximum atomic E-state index is 12.4. The molecule has 1 amide bonds. The number of carbonyl (C=O) groups excluding carboxylic acids is 1. The molecule has 0 aliphatic carbocycles. The van der Waals surface area contributed by atoms with E-state index in [9.17, 15) is 18.0 Å². The first-order valence-electron chi connectivity index (χ1n) is 6.24. The van der Waals surface area contributed by atoms with Crippen LogP contribution in [0.5, 0.6) is 0 Å². The molecule has 0 unspecified atom stereocenters. The summed E-state index contributed by atoms with van der Waals surface area (Å²) >= 11 is 0. The molecule has 2 heterocycles. The lowest BCUT2D eigenvalue weighted by Gasteiger charge is -2.32. The van der Waals surface area contributed by atoms with Crippen molar-refractivity contribution in [2.24, 2.45) is 5.92 Å². The molecule has 0 radical (unpaired) electrons. The maximum Gasteiger partial charge on any atom is 0.412 e. The van der Waals surface area contributed by atoms with E-state index < -0.39 is 11.7 Å². The Labute approximate surface area is 104 Å². The Hall–Kier alpha value is -1.04. The summed E-state index contributed by atoms with van der Waals surface area (Å²) in [6, 6.07) is 0. The number of nitrogens with one attached hydrogen (secondary N) is 1. The van der Waals surface area contributed by atoms with Crippen molar-refractivity contribution in [1.29, 1.82) is 0 Å². The Bertz CT molecular complexity index is 346. The van der Waals surface area contributed by atoms with Crippen molar-refractivity contribution >= 4 is 5.91 Å². The minimum absolute atomic E-state index is 0.0142. The van der Waals surface area contributed by atoms with Gasteiger partial charge in [0.1, 0.15) is 0 Å². The van der Waals surface area contributed by atoms with Gasteiger partial charge in [-0.05, 0) is 25.8 Å². The van der Waals surface area contributed by atoms with Crippen molar-refractivity contribution in [2.45, 2.75) is 25.4 Å². The molecule has 18 heavy (non-hydrogen) atoms. The number of rotatable bonds is 1. The third kappa shape index (κ3) is 3.04. The molecule has 1 saturated heterocycles. The molecule has 0 saturated carbocycles. The molecule has 0 aromatic heterocycles. The fraction of sp³-hybridized carbons (Fsp3) is 0.750. The SMILES string of the molecule is O=C([C@@H]1CCCNC1)N1CC=C(C(F)(F)F)CC1. The quantitative estimate of drug-likeness (QED) is 0.730. The number of carbonyl (C=O) groups is 1. The molecule has 2 aliphatic rings. The number of amides is 1. The van der Waals surface area contributed by atoms with Crippen LogP contribution in [0.2, 0.25) is 0 Å². The molecule has 0 spiro atoms. The van der Waals surface area contributed by atoms with Gasteiger partial charge >= 0.3 is 6.18 Å². The van der Waals surface area contributed by atoms with Gasteiger partial charge in [-0.3, -0.25) is 4.79 Å². The summed E-state index contributed by atoms with van der Waals surface area (Å²) in [5.41, 5.74) is -0.506. The predicted octanol–water partition coefficient (Wildman–Crippen LogP) is 1.71. The van der Waals surface area contributed by atoms with Crippen molar-refractivity contribution in [1.82, 2.24) is 10.2 Å². The third-order valence-corrected chi connectivity index (χ3v) is 3.53. The summed E-state index contributed by atoms with van der Waals surface area (Å²) in [6.45, 7) is 1.83. The van der Waals surface area contributed by atoms with E-state index in [1.807, 2.05) is 0 Å². The van der Waals surface area contributed by atoms with Gasteiger partial charge in [-0.2, -0.15) is 13.2 Å². The van der Waals surface area contributed by atoms with E-state index in [0.29, 0.717) is 6.54 Å². The van der Waals surface area contributed by atoms with E-state index in [2.05, 4.69) is 5.32 Å². The zero-order chi connectivity index (χ0) is 13.2. The van der Waals surface area contributed by atoms with Crippen LogP contribution < -0.4 is 5.32 Å². The van der Waals surface area contributed by atoms with Crippen LogP contribution in [0.1, 0.15) is 19.3 Å². The normalized spacial score (nSPS) is 25.8. The van der Waals surface area contributed by atoms with Gasteiger partial charge in [0.05, 0.1) is 5.92 Å². The van der Waals surface area contributed by atoms with Gasteiger partial charge in [-0.25, -0.2) is 0 Å². The summed E-state index contributed by atoms with van der Waals surface area (Å²) in [4.78, 5) is 13.6. The molecule has 3 nitrogen and oxygen atoms in total. The van der Waals surface area contributed by atoms with E-state index in [4.69, 9.17) is 0 Å². The Morgan fingerprint density at radius 3 is 2.72 bits per heavy atom. The second kappa shape index (κ2) is 5.30. The third-order valence-electron chi connectivity index (χ3n) is 3.53. The molecule has 1 N–H and O–H groups in total. The van der Waals surface area contributed by atoms with Crippen molar-refractivity contribution < 1.29 is 18.0 Å². The van der Waals surface area contributed by atoms with Gasteiger partial charge in [0.25, 0.3) is 0 Å². The predicted molar refractivity (Wildman–Crippen MR) is 60.9 cm³/mol. The van der Waals surface area contributed by atoms with Crippen LogP contribution in [-0.4, -0.2) is 43.2 Å². The molecule has 2 aliphatic heterocycles. The monoisotopic (exact) mass is 262 g/mol. The fourth-order valence-corrected chi connectivity index (χ4v) is 2.45. The van der Waals surface area contributed by atoms with Crippen molar-refractivity contribution in [3.63, 3.8) is 0 Å². The van der Waals surface area contributed by atoms with E-state index in [-0.39, 0.29) is 31.3 Å². The van der Waals surface area contributed by atoms with Crippen LogP contribution >= 0.6 is 0 Å². The molecule has 2 rings (SSSR count). The fourth-order valence-electron chi connectivity index (χ4n) is 2.45. The van der Waals surface area contributed by atoms with Gasteiger partial charge < -0.3 is 10.2 Å². The lowest BCUT2D eigenvalue weighted by atomic mass is 9.97. The number of hydrogen-bond donors (Lipinski definition) is 1. The summed E-state index contributed by atoms with van der Waals surface area (Å²) in [5, 5.41) is 3.14. The number of alkyl halides is 3. The minimum Gasteiger partial charge on any atom is -0.338 e. The number of piperidine rings is 1. The summed E-state index contributed by atoms with van der Waals surface area (Å²) in [5.74, 6) is -0.0840. The molecule has 1 fully saturated rings. The molecular weight excluding hydrogens is 245 g/mol. The second-order valence-electron chi connectivity index (χ2n) is 4.80. The van der Waals surface area contributed by atoms with E-state index in [1.165, 1.54) is 4.90 Å².